The van der Waals surface area contributed by atoms with Crippen LogP contribution < -0.4 is 5.32 Å². The lowest BCUT2D eigenvalue weighted by molar-refractivity contribution is -0.119. The fraction of sp³-hybridized carbons (Fsp3) is 0.444. The normalized spacial score (nSPS) is 12.5. The van der Waals surface area contributed by atoms with Crippen LogP contribution in [0.25, 0.3) is 0 Å². The topological polar surface area (TPSA) is 42.2 Å². The van der Waals surface area contributed by atoms with Gasteiger partial charge in [0.05, 0.1) is 6.26 Å². The maximum Gasteiger partial charge on any atom is 0.229 e. The molecule has 0 aliphatic carbocycles. The van der Waals surface area contributed by atoms with Crippen LogP contribution in [0, 0.1) is 5.92 Å². The van der Waals surface area contributed by atoms with Gasteiger partial charge in [-0.1, -0.05) is 13.8 Å². The van der Waals surface area contributed by atoms with Crippen LogP contribution >= 0.6 is 0 Å². The summed E-state index contributed by atoms with van der Waals surface area (Å²) >= 11 is 0. The van der Waals surface area contributed by atoms with Crippen molar-refractivity contribution in [1.82, 2.24) is 0 Å². The zero-order valence-electron chi connectivity index (χ0n) is 7.33. The molecule has 12 heavy (non-hydrogen) atoms. The molecule has 0 aliphatic rings. The van der Waals surface area contributed by atoms with Crippen LogP contribution in [0.5, 0.6) is 0 Å². The lowest BCUT2D eigenvalue weighted by Crippen LogP contribution is -2.19. The molecule has 1 aromatic rings. The van der Waals surface area contributed by atoms with Gasteiger partial charge in [0, 0.05) is 12.0 Å². The fourth-order valence-electron chi connectivity index (χ4n) is 0.780. The molecule has 0 aliphatic heterocycles. The zero-order valence-corrected chi connectivity index (χ0v) is 7.33. The van der Waals surface area contributed by atoms with E-state index in [4.69, 9.17) is 4.42 Å². The Balaban J connectivity index is 2.47. The highest BCUT2D eigenvalue weighted by Gasteiger charge is 2.10. The highest BCUT2D eigenvalue weighted by Crippen LogP contribution is 2.09. The van der Waals surface area contributed by atoms with E-state index < -0.39 is 0 Å². The number of amides is 1. The minimum atomic E-state index is 0.00690. The second kappa shape index (κ2) is 3.95. The molecular weight excluding hydrogens is 154 g/mol. The molecule has 0 saturated heterocycles. The Hall–Kier alpha value is -1.25. The lowest BCUT2D eigenvalue weighted by atomic mass is 10.1. The number of hydrogen-bond acceptors (Lipinski definition) is 2. The van der Waals surface area contributed by atoms with Gasteiger partial charge in [0.1, 0.15) is 0 Å². The molecule has 1 amide bonds. The summed E-state index contributed by atoms with van der Waals surface area (Å²) in [5.74, 6) is 0.558. The van der Waals surface area contributed by atoms with E-state index in [1.54, 1.807) is 12.1 Å². The van der Waals surface area contributed by atoms with Crippen LogP contribution in [-0.4, -0.2) is 5.91 Å². The molecular formula is C9H13NO2. The van der Waals surface area contributed by atoms with E-state index in [9.17, 15) is 4.79 Å². The molecule has 0 fully saturated rings. The van der Waals surface area contributed by atoms with E-state index in [2.05, 4.69) is 5.32 Å². The summed E-state index contributed by atoms with van der Waals surface area (Å²) in [5, 5.41) is 2.67. The standard InChI is InChI=1S/C9H13NO2/c1-3-7(2)9(11)10-8-5-4-6-12-8/h4-7H,3H2,1-2H3,(H,10,11). The maximum absolute atomic E-state index is 11.3. The summed E-state index contributed by atoms with van der Waals surface area (Å²) in [6.07, 6.45) is 2.37. The molecule has 0 spiro atoms. The molecule has 3 heteroatoms. The molecule has 0 aromatic carbocycles. The highest BCUT2D eigenvalue weighted by atomic mass is 16.3. The first-order valence-electron chi connectivity index (χ1n) is 4.08. The molecule has 0 radical (unpaired) electrons. The first-order chi connectivity index (χ1) is 5.74. The van der Waals surface area contributed by atoms with Gasteiger partial charge in [-0.2, -0.15) is 0 Å². The van der Waals surface area contributed by atoms with Crippen LogP contribution in [-0.2, 0) is 4.79 Å². The molecule has 0 bridgehead atoms. The summed E-state index contributed by atoms with van der Waals surface area (Å²) in [7, 11) is 0. The Morgan fingerprint density at radius 1 is 1.75 bits per heavy atom. The summed E-state index contributed by atoms with van der Waals surface area (Å²) in [6.45, 7) is 3.87. The molecule has 3 nitrogen and oxygen atoms in total. The van der Waals surface area contributed by atoms with E-state index in [1.807, 2.05) is 13.8 Å². The first kappa shape index (κ1) is 8.84. The van der Waals surface area contributed by atoms with Crippen LogP contribution in [0.3, 0.4) is 0 Å². The van der Waals surface area contributed by atoms with Crippen molar-refractivity contribution in [2.24, 2.45) is 5.92 Å². The third-order valence-electron chi connectivity index (χ3n) is 1.83. The monoisotopic (exact) mass is 167 g/mol. The summed E-state index contributed by atoms with van der Waals surface area (Å²) in [6, 6.07) is 3.46. The molecule has 1 N–H and O–H groups in total. The van der Waals surface area contributed by atoms with E-state index in [0.29, 0.717) is 5.88 Å². The van der Waals surface area contributed by atoms with Crippen molar-refractivity contribution in [2.75, 3.05) is 5.32 Å². The second-order valence-electron chi connectivity index (χ2n) is 2.78. The van der Waals surface area contributed by atoms with Crippen molar-refractivity contribution in [3.05, 3.63) is 18.4 Å². The first-order valence-corrected chi connectivity index (χ1v) is 4.08. The van der Waals surface area contributed by atoms with Gasteiger partial charge < -0.3 is 4.42 Å². The molecule has 1 atom stereocenters. The fourth-order valence-corrected chi connectivity index (χ4v) is 0.780. The summed E-state index contributed by atoms with van der Waals surface area (Å²) in [5.41, 5.74) is 0. The van der Waals surface area contributed by atoms with Gasteiger partial charge in [0.25, 0.3) is 0 Å². The Kier molecular flexibility index (Phi) is 2.91. The number of hydrogen-bond donors (Lipinski definition) is 1. The average molecular weight is 167 g/mol. The largest absolute Gasteiger partial charge is 0.449 e. The van der Waals surface area contributed by atoms with E-state index in [-0.39, 0.29) is 11.8 Å². The predicted molar refractivity (Wildman–Crippen MR) is 46.8 cm³/mol. The van der Waals surface area contributed by atoms with E-state index in [1.165, 1.54) is 6.26 Å². The third kappa shape index (κ3) is 2.12. The molecule has 1 heterocycles. The Morgan fingerprint density at radius 2 is 2.50 bits per heavy atom. The molecule has 66 valence electrons. The molecule has 1 rings (SSSR count). The van der Waals surface area contributed by atoms with Crippen molar-refractivity contribution >= 4 is 11.8 Å². The van der Waals surface area contributed by atoms with Gasteiger partial charge in [-0.05, 0) is 12.5 Å². The van der Waals surface area contributed by atoms with Gasteiger partial charge in [-0.25, -0.2) is 0 Å². The van der Waals surface area contributed by atoms with Crippen molar-refractivity contribution in [3.63, 3.8) is 0 Å². The minimum absolute atomic E-state index is 0.00690. The third-order valence-corrected chi connectivity index (χ3v) is 1.83. The van der Waals surface area contributed by atoms with Crippen LogP contribution in [0.2, 0.25) is 0 Å². The Bertz CT molecular complexity index is 241. The van der Waals surface area contributed by atoms with Gasteiger partial charge >= 0.3 is 0 Å². The molecule has 1 unspecified atom stereocenters. The van der Waals surface area contributed by atoms with Gasteiger partial charge in [-0.15, -0.1) is 0 Å². The number of carbonyl (C=O) groups is 1. The SMILES string of the molecule is CCC(C)C(=O)Nc1ccco1. The predicted octanol–water partition coefficient (Wildman–Crippen LogP) is 2.26. The number of rotatable bonds is 3. The van der Waals surface area contributed by atoms with E-state index in [0.717, 1.165) is 6.42 Å². The van der Waals surface area contributed by atoms with Crippen LogP contribution in [0.4, 0.5) is 5.88 Å². The summed E-state index contributed by atoms with van der Waals surface area (Å²) in [4.78, 5) is 11.3. The lowest BCUT2D eigenvalue weighted by Gasteiger charge is -2.06. The van der Waals surface area contributed by atoms with Gasteiger partial charge in [-0.3, -0.25) is 10.1 Å². The number of anilines is 1. The van der Waals surface area contributed by atoms with Crippen LogP contribution in [0.15, 0.2) is 22.8 Å². The number of furan rings is 1. The molecule has 1 aromatic heterocycles. The van der Waals surface area contributed by atoms with Gasteiger partial charge in [0.15, 0.2) is 5.88 Å². The van der Waals surface area contributed by atoms with Gasteiger partial charge in [0.2, 0.25) is 5.91 Å². The number of nitrogens with one attached hydrogen (secondary N) is 1. The Labute approximate surface area is 71.8 Å². The van der Waals surface area contributed by atoms with Crippen molar-refractivity contribution in [2.45, 2.75) is 20.3 Å². The smallest absolute Gasteiger partial charge is 0.229 e. The maximum atomic E-state index is 11.3. The average Bonchev–Trinajstić information content (AvgIpc) is 2.55. The summed E-state index contributed by atoms with van der Waals surface area (Å²) < 4.78 is 4.97. The second-order valence-corrected chi connectivity index (χ2v) is 2.78. The quantitative estimate of drug-likeness (QED) is 0.750. The number of carbonyl (C=O) groups excluding carboxylic acids is 1. The van der Waals surface area contributed by atoms with Crippen LogP contribution in [0.1, 0.15) is 20.3 Å². The zero-order chi connectivity index (χ0) is 8.97. The minimum Gasteiger partial charge on any atom is -0.449 e. The van der Waals surface area contributed by atoms with E-state index >= 15 is 0 Å². The van der Waals surface area contributed by atoms with Crippen molar-refractivity contribution in [3.8, 4) is 0 Å². The molecule has 0 saturated carbocycles. The van der Waals surface area contributed by atoms with Crippen molar-refractivity contribution < 1.29 is 9.21 Å². The Morgan fingerprint density at radius 3 is 3.00 bits per heavy atom. The van der Waals surface area contributed by atoms with Crippen molar-refractivity contribution in [1.29, 1.82) is 0 Å². The highest BCUT2D eigenvalue weighted by molar-refractivity contribution is 5.90.